The lowest BCUT2D eigenvalue weighted by Gasteiger charge is -2.08. The number of nitrogens with zero attached hydrogens (tertiary/aromatic N) is 1. The molecule has 1 fully saturated rings. The van der Waals surface area contributed by atoms with E-state index in [1.54, 1.807) is 0 Å². The van der Waals surface area contributed by atoms with E-state index in [9.17, 15) is 19.3 Å². The number of halogens is 1. The van der Waals surface area contributed by atoms with Crippen LogP contribution in [0.2, 0.25) is 0 Å². The highest BCUT2D eigenvalue weighted by molar-refractivity contribution is 5.91. The molecule has 0 spiro atoms. The first-order valence-electron chi connectivity index (χ1n) is 6.51. The minimum Gasteiger partial charge on any atom is -0.326 e. The number of hydrogen-bond acceptors (Lipinski definition) is 4. The molecule has 0 bridgehead atoms. The number of carbonyl (C=O) groups excluding carboxylic acids is 1. The maximum absolute atomic E-state index is 13.1. The summed E-state index contributed by atoms with van der Waals surface area (Å²) in [6.45, 7) is 1.91. The van der Waals surface area contributed by atoms with Crippen LogP contribution in [-0.4, -0.2) is 23.9 Å². The Balaban J connectivity index is 1.90. The van der Waals surface area contributed by atoms with Crippen molar-refractivity contribution in [1.82, 2.24) is 5.32 Å². The molecule has 0 aliphatic carbocycles. The molecule has 108 valence electrons. The van der Waals surface area contributed by atoms with Crippen molar-refractivity contribution in [2.75, 3.05) is 18.4 Å². The predicted molar refractivity (Wildman–Crippen MR) is 71.9 cm³/mol. The van der Waals surface area contributed by atoms with E-state index in [0.29, 0.717) is 12.3 Å². The van der Waals surface area contributed by atoms with Gasteiger partial charge in [0.2, 0.25) is 11.7 Å². The summed E-state index contributed by atoms with van der Waals surface area (Å²) >= 11 is 0. The van der Waals surface area contributed by atoms with E-state index in [2.05, 4.69) is 10.6 Å². The van der Waals surface area contributed by atoms with Gasteiger partial charge in [-0.15, -0.1) is 0 Å². The molecule has 0 saturated carbocycles. The van der Waals surface area contributed by atoms with Crippen molar-refractivity contribution < 1.29 is 14.1 Å². The molecule has 7 heteroatoms. The highest BCUT2D eigenvalue weighted by Gasteiger charge is 2.17. The Morgan fingerprint density at radius 2 is 2.35 bits per heavy atom. The average molecular weight is 281 g/mol. The van der Waals surface area contributed by atoms with Crippen molar-refractivity contribution in [2.45, 2.75) is 19.3 Å². The van der Waals surface area contributed by atoms with E-state index >= 15 is 0 Å². The van der Waals surface area contributed by atoms with Gasteiger partial charge in [0.15, 0.2) is 0 Å². The van der Waals surface area contributed by atoms with Crippen LogP contribution in [0.5, 0.6) is 0 Å². The zero-order chi connectivity index (χ0) is 14.5. The fraction of sp³-hybridized carbons (Fsp3) is 0.462. The first-order chi connectivity index (χ1) is 9.56. The van der Waals surface area contributed by atoms with Gasteiger partial charge in [-0.2, -0.15) is 4.39 Å². The number of nitro benzene ring substituents is 1. The van der Waals surface area contributed by atoms with Gasteiger partial charge in [0, 0.05) is 18.2 Å². The van der Waals surface area contributed by atoms with E-state index in [1.165, 1.54) is 6.07 Å². The number of nitro groups is 1. The Labute approximate surface area is 115 Å². The summed E-state index contributed by atoms with van der Waals surface area (Å²) in [5.74, 6) is -0.619. The van der Waals surface area contributed by atoms with Crippen LogP contribution in [-0.2, 0) is 4.79 Å². The van der Waals surface area contributed by atoms with Gasteiger partial charge < -0.3 is 10.6 Å². The van der Waals surface area contributed by atoms with Gasteiger partial charge in [-0.1, -0.05) is 0 Å². The Hall–Kier alpha value is -2.02. The summed E-state index contributed by atoms with van der Waals surface area (Å²) in [5, 5.41) is 16.4. The number of benzene rings is 1. The molecule has 1 aromatic rings. The first-order valence-corrected chi connectivity index (χ1v) is 6.51. The fourth-order valence-corrected chi connectivity index (χ4v) is 2.25. The fourth-order valence-electron chi connectivity index (χ4n) is 2.25. The van der Waals surface area contributed by atoms with Crippen molar-refractivity contribution in [3.05, 3.63) is 34.1 Å². The second kappa shape index (κ2) is 6.42. The summed E-state index contributed by atoms with van der Waals surface area (Å²) in [6, 6.07) is 3.33. The van der Waals surface area contributed by atoms with E-state index in [0.717, 1.165) is 38.1 Å². The molecule has 6 nitrogen and oxygen atoms in total. The van der Waals surface area contributed by atoms with Crippen LogP contribution >= 0.6 is 0 Å². The SMILES string of the molecule is O=C(CCC1CCNC1)Nc1ccc(F)c([N+](=O)[O-])c1. The van der Waals surface area contributed by atoms with Gasteiger partial charge in [-0.3, -0.25) is 14.9 Å². The van der Waals surface area contributed by atoms with Gasteiger partial charge in [0.1, 0.15) is 0 Å². The van der Waals surface area contributed by atoms with Crippen LogP contribution in [0.4, 0.5) is 15.8 Å². The van der Waals surface area contributed by atoms with E-state index in [-0.39, 0.29) is 11.6 Å². The second-order valence-electron chi connectivity index (χ2n) is 4.87. The van der Waals surface area contributed by atoms with Gasteiger partial charge >= 0.3 is 5.69 Å². The quantitative estimate of drug-likeness (QED) is 0.639. The third kappa shape index (κ3) is 3.74. The van der Waals surface area contributed by atoms with Gasteiger partial charge in [0.25, 0.3) is 0 Å². The van der Waals surface area contributed by atoms with Crippen molar-refractivity contribution in [3.8, 4) is 0 Å². The molecule has 1 atom stereocenters. The smallest absolute Gasteiger partial charge is 0.306 e. The molecule has 1 heterocycles. The lowest BCUT2D eigenvalue weighted by molar-refractivity contribution is -0.387. The van der Waals surface area contributed by atoms with Crippen LogP contribution in [0.3, 0.4) is 0 Å². The molecule has 2 N–H and O–H groups in total. The number of rotatable bonds is 5. The van der Waals surface area contributed by atoms with Gasteiger partial charge in [-0.25, -0.2) is 0 Å². The van der Waals surface area contributed by atoms with Crippen LogP contribution in [0.25, 0.3) is 0 Å². The number of anilines is 1. The number of carbonyl (C=O) groups is 1. The second-order valence-corrected chi connectivity index (χ2v) is 4.87. The Morgan fingerprint density at radius 1 is 1.55 bits per heavy atom. The molecule has 1 unspecified atom stereocenters. The minimum absolute atomic E-state index is 0.210. The summed E-state index contributed by atoms with van der Waals surface area (Å²) in [7, 11) is 0. The zero-order valence-electron chi connectivity index (χ0n) is 10.9. The van der Waals surface area contributed by atoms with Crippen molar-refractivity contribution in [1.29, 1.82) is 0 Å². The van der Waals surface area contributed by atoms with Crippen molar-refractivity contribution in [3.63, 3.8) is 0 Å². The van der Waals surface area contributed by atoms with Crippen molar-refractivity contribution >= 4 is 17.3 Å². The molecule has 2 rings (SSSR count). The average Bonchev–Trinajstić information content (AvgIpc) is 2.91. The van der Waals surface area contributed by atoms with Gasteiger partial charge in [-0.05, 0) is 44.0 Å². The maximum atomic E-state index is 13.1. The lowest BCUT2D eigenvalue weighted by atomic mass is 10.0. The molecule has 1 aliphatic heterocycles. The van der Waals surface area contributed by atoms with Crippen LogP contribution in [0.1, 0.15) is 19.3 Å². The monoisotopic (exact) mass is 281 g/mol. The van der Waals surface area contributed by atoms with Crippen LogP contribution in [0, 0.1) is 21.8 Å². The van der Waals surface area contributed by atoms with Crippen LogP contribution < -0.4 is 10.6 Å². The lowest BCUT2D eigenvalue weighted by Crippen LogP contribution is -2.15. The number of hydrogen-bond donors (Lipinski definition) is 2. The minimum atomic E-state index is -0.912. The van der Waals surface area contributed by atoms with Gasteiger partial charge in [0.05, 0.1) is 4.92 Å². The predicted octanol–water partition coefficient (Wildman–Crippen LogP) is 2.06. The Bertz CT molecular complexity index is 516. The maximum Gasteiger partial charge on any atom is 0.306 e. The summed E-state index contributed by atoms with van der Waals surface area (Å²) < 4.78 is 13.1. The largest absolute Gasteiger partial charge is 0.326 e. The molecule has 1 aliphatic rings. The molecule has 1 saturated heterocycles. The highest BCUT2D eigenvalue weighted by Crippen LogP contribution is 2.22. The van der Waals surface area contributed by atoms with Crippen LogP contribution in [0.15, 0.2) is 18.2 Å². The topological polar surface area (TPSA) is 84.3 Å². The number of nitrogens with one attached hydrogen (secondary N) is 2. The molecule has 1 amide bonds. The molecule has 0 aromatic heterocycles. The van der Waals surface area contributed by atoms with E-state index < -0.39 is 16.4 Å². The number of amides is 1. The molecular formula is C13H16FN3O3. The highest BCUT2D eigenvalue weighted by atomic mass is 19.1. The molecule has 0 radical (unpaired) electrons. The third-order valence-electron chi connectivity index (χ3n) is 3.37. The summed E-state index contributed by atoms with van der Waals surface area (Å²) in [6.07, 6.45) is 2.20. The van der Waals surface area contributed by atoms with E-state index in [4.69, 9.17) is 0 Å². The standard InChI is InChI=1S/C13H16FN3O3/c14-11-3-2-10(7-12(11)17(19)20)16-13(18)4-1-9-5-6-15-8-9/h2-3,7,9,15H,1,4-6,8H2,(H,16,18). The first kappa shape index (κ1) is 14.4. The normalized spacial score (nSPS) is 17.9. The third-order valence-corrected chi connectivity index (χ3v) is 3.37. The zero-order valence-corrected chi connectivity index (χ0v) is 10.9. The molecule has 20 heavy (non-hydrogen) atoms. The summed E-state index contributed by atoms with van der Waals surface area (Å²) in [4.78, 5) is 21.5. The molecule has 1 aromatic carbocycles. The Kier molecular flexibility index (Phi) is 4.62. The Morgan fingerprint density at radius 3 is 3.00 bits per heavy atom. The van der Waals surface area contributed by atoms with E-state index in [1.807, 2.05) is 0 Å². The molecular weight excluding hydrogens is 265 g/mol. The van der Waals surface area contributed by atoms with Crippen molar-refractivity contribution in [2.24, 2.45) is 5.92 Å². The summed E-state index contributed by atoms with van der Waals surface area (Å²) in [5.41, 5.74) is -0.393.